The van der Waals surface area contributed by atoms with Crippen molar-refractivity contribution in [1.29, 1.82) is 0 Å². The molecule has 0 heterocycles. The monoisotopic (exact) mass is 400 g/mol. The molecule has 0 aliphatic rings. The molecule has 0 aliphatic heterocycles. The summed E-state index contributed by atoms with van der Waals surface area (Å²) in [5, 5.41) is 3.50. The van der Waals surface area contributed by atoms with Gasteiger partial charge in [0.15, 0.2) is 0 Å². The predicted octanol–water partition coefficient (Wildman–Crippen LogP) is 4.52. The molecule has 1 N–H and O–H groups in total. The molecule has 2 rings (SSSR count). The molecule has 28 heavy (non-hydrogen) atoms. The molecule has 0 bridgehead atoms. The van der Waals surface area contributed by atoms with Gasteiger partial charge in [-0.1, -0.05) is 66.6 Å². The highest BCUT2D eigenvalue weighted by atomic mass is 35.5. The summed E-state index contributed by atoms with van der Waals surface area (Å²) < 4.78 is 0. The Morgan fingerprint density at radius 2 is 1.82 bits per heavy atom. The average Bonchev–Trinajstić information content (AvgIpc) is 2.63. The number of halogens is 1. The third-order valence-electron chi connectivity index (χ3n) is 4.55. The van der Waals surface area contributed by atoms with E-state index < -0.39 is 6.04 Å². The Balaban J connectivity index is 2.32. The Morgan fingerprint density at radius 3 is 2.43 bits per heavy atom. The van der Waals surface area contributed by atoms with E-state index in [4.69, 9.17) is 11.6 Å². The Morgan fingerprint density at radius 1 is 1.11 bits per heavy atom. The third kappa shape index (κ3) is 6.10. The van der Waals surface area contributed by atoms with Crippen molar-refractivity contribution in [3.05, 3.63) is 70.2 Å². The third-order valence-corrected chi connectivity index (χ3v) is 4.92. The van der Waals surface area contributed by atoms with E-state index in [9.17, 15) is 9.59 Å². The van der Waals surface area contributed by atoms with Crippen LogP contribution in [0, 0.1) is 6.92 Å². The lowest BCUT2D eigenvalue weighted by Crippen LogP contribution is -2.50. The van der Waals surface area contributed by atoms with Crippen LogP contribution in [0.4, 0.5) is 0 Å². The summed E-state index contributed by atoms with van der Waals surface area (Å²) in [6.07, 6.45) is 0.704. The highest BCUT2D eigenvalue weighted by molar-refractivity contribution is 6.31. The van der Waals surface area contributed by atoms with Crippen molar-refractivity contribution in [1.82, 2.24) is 10.2 Å². The molecule has 2 amide bonds. The summed E-state index contributed by atoms with van der Waals surface area (Å²) in [6, 6.07) is 14.8. The zero-order valence-corrected chi connectivity index (χ0v) is 17.8. The fourth-order valence-electron chi connectivity index (χ4n) is 3.21. The second-order valence-electron chi connectivity index (χ2n) is 7.37. The number of carbonyl (C=O) groups is 2. The van der Waals surface area contributed by atoms with Crippen molar-refractivity contribution in [3.8, 4) is 0 Å². The number of amides is 2. The molecule has 0 saturated heterocycles. The standard InChI is InChI=1S/C23H29ClN2O2/c1-5-21(23(28)25-16(2)3)26(15-18-10-8-9-17(4)13-18)22(27)14-19-11-6-7-12-20(19)24/h6-13,16,21H,5,14-15H2,1-4H3,(H,25,28)/t21-/m1/s1. The number of hydrogen-bond acceptors (Lipinski definition) is 2. The van der Waals surface area contributed by atoms with Crippen molar-refractivity contribution in [3.63, 3.8) is 0 Å². The molecule has 2 aromatic rings. The summed E-state index contributed by atoms with van der Waals surface area (Å²) in [4.78, 5) is 27.7. The molecule has 4 nitrogen and oxygen atoms in total. The minimum Gasteiger partial charge on any atom is -0.352 e. The number of aryl methyl sites for hydroxylation is 1. The zero-order chi connectivity index (χ0) is 20.7. The van der Waals surface area contributed by atoms with Gasteiger partial charge in [0.2, 0.25) is 11.8 Å². The van der Waals surface area contributed by atoms with E-state index in [1.807, 2.05) is 70.2 Å². The maximum absolute atomic E-state index is 13.2. The van der Waals surface area contributed by atoms with Crippen LogP contribution in [-0.4, -0.2) is 28.8 Å². The molecule has 0 spiro atoms. The first-order valence-electron chi connectivity index (χ1n) is 9.70. The van der Waals surface area contributed by atoms with Crippen LogP contribution >= 0.6 is 11.6 Å². The Bertz CT molecular complexity index is 820. The number of rotatable bonds is 8. The van der Waals surface area contributed by atoms with Gasteiger partial charge in [-0.3, -0.25) is 9.59 Å². The zero-order valence-electron chi connectivity index (χ0n) is 17.0. The minimum absolute atomic E-state index is 0.0149. The summed E-state index contributed by atoms with van der Waals surface area (Å²) >= 11 is 6.25. The molecule has 150 valence electrons. The van der Waals surface area contributed by atoms with Gasteiger partial charge in [0.25, 0.3) is 0 Å². The second-order valence-corrected chi connectivity index (χ2v) is 7.77. The fourth-order valence-corrected chi connectivity index (χ4v) is 3.42. The van der Waals surface area contributed by atoms with Gasteiger partial charge in [-0.25, -0.2) is 0 Å². The average molecular weight is 401 g/mol. The molecule has 5 heteroatoms. The van der Waals surface area contributed by atoms with Crippen LogP contribution in [0.5, 0.6) is 0 Å². The first kappa shape index (κ1) is 22.0. The van der Waals surface area contributed by atoms with Gasteiger partial charge in [-0.15, -0.1) is 0 Å². The fraction of sp³-hybridized carbons (Fsp3) is 0.391. The van der Waals surface area contributed by atoms with Crippen LogP contribution in [0.3, 0.4) is 0 Å². The molecule has 0 aromatic heterocycles. The lowest BCUT2D eigenvalue weighted by molar-refractivity contribution is -0.141. The van der Waals surface area contributed by atoms with Crippen LogP contribution in [0.2, 0.25) is 5.02 Å². The highest BCUT2D eigenvalue weighted by Gasteiger charge is 2.29. The number of benzene rings is 2. The largest absolute Gasteiger partial charge is 0.352 e. The summed E-state index contributed by atoms with van der Waals surface area (Å²) in [6.45, 7) is 8.16. The van der Waals surface area contributed by atoms with Crippen LogP contribution in [0.15, 0.2) is 48.5 Å². The molecule has 1 atom stereocenters. The predicted molar refractivity (Wildman–Crippen MR) is 114 cm³/mol. The van der Waals surface area contributed by atoms with E-state index in [2.05, 4.69) is 5.32 Å². The molecule has 0 unspecified atom stereocenters. The smallest absolute Gasteiger partial charge is 0.243 e. The maximum Gasteiger partial charge on any atom is 0.243 e. The second kappa shape index (κ2) is 10.3. The quantitative estimate of drug-likeness (QED) is 0.708. The number of carbonyl (C=O) groups excluding carboxylic acids is 2. The molecular formula is C23H29ClN2O2. The first-order chi connectivity index (χ1) is 13.3. The van der Waals surface area contributed by atoms with Crippen LogP contribution < -0.4 is 5.32 Å². The number of hydrogen-bond donors (Lipinski definition) is 1. The van der Waals surface area contributed by atoms with Gasteiger partial charge >= 0.3 is 0 Å². The number of nitrogens with one attached hydrogen (secondary N) is 1. The molecule has 0 fully saturated rings. The van der Waals surface area contributed by atoms with Gasteiger partial charge in [0.05, 0.1) is 6.42 Å². The van der Waals surface area contributed by atoms with Crippen molar-refractivity contribution >= 4 is 23.4 Å². The number of nitrogens with zero attached hydrogens (tertiary/aromatic N) is 1. The van der Waals surface area contributed by atoms with Gasteiger partial charge < -0.3 is 10.2 Å². The molecule has 0 radical (unpaired) electrons. The van der Waals surface area contributed by atoms with Gasteiger partial charge in [-0.2, -0.15) is 0 Å². The van der Waals surface area contributed by atoms with E-state index in [0.717, 1.165) is 16.7 Å². The summed E-state index contributed by atoms with van der Waals surface area (Å²) in [5.74, 6) is -0.238. The van der Waals surface area contributed by atoms with E-state index in [0.29, 0.717) is 18.0 Å². The van der Waals surface area contributed by atoms with Crippen molar-refractivity contribution in [2.24, 2.45) is 0 Å². The van der Waals surface area contributed by atoms with E-state index >= 15 is 0 Å². The van der Waals surface area contributed by atoms with Crippen molar-refractivity contribution < 1.29 is 9.59 Å². The lowest BCUT2D eigenvalue weighted by Gasteiger charge is -2.31. The van der Waals surface area contributed by atoms with Gasteiger partial charge in [0, 0.05) is 17.6 Å². The van der Waals surface area contributed by atoms with Crippen molar-refractivity contribution in [2.45, 2.75) is 59.2 Å². The van der Waals surface area contributed by atoms with Crippen LogP contribution in [0.25, 0.3) is 0 Å². The summed E-state index contributed by atoms with van der Waals surface area (Å²) in [7, 11) is 0. The van der Waals surface area contributed by atoms with Gasteiger partial charge in [-0.05, 0) is 44.4 Å². The Hall–Kier alpha value is -2.33. The Labute approximate surface area is 172 Å². The first-order valence-corrected chi connectivity index (χ1v) is 10.1. The molecule has 0 aliphatic carbocycles. The van der Waals surface area contributed by atoms with Gasteiger partial charge in [0.1, 0.15) is 6.04 Å². The van der Waals surface area contributed by atoms with E-state index in [1.54, 1.807) is 11.0 Å². The Kier molecular flexibility index (Phi) is 8.06. The van der Waals surface area contributed by atoms with Crippen LogP contribution in [0.1, 0.15) is 43.9 Å². The molecular weight excluding hydrogens is 372 g/mol. The molecule has 2 aromatic carbocycles. The maximum atomic E-state index is 13.2. The molecule has 0 saturated carbocycles. The SMILES string of the molecule is CC[C@H](C(=O)NC(C)C)N(Cc1cccc(C)c1)C(=O)Cc1ccccc1Cl. The lowest BCUT2D eigenvalue weighted by atomic mass is 10.1. The van der Waals surface area contributed by atoms with E-state index in [1.165, 1.54) is 0 Å². The van der Waals surface area contributed by atoms with Crippen LogP contribution in [-0.2, 0) is 22.6 Å². The summed E-state index contributed by atoms with van der Waals surface area (Å²) in [5.41, 5.74) is 2.89. The highest BCUT2D eigenvalue weighted by Crippen LogP contribution is 2.19. The topological polar surface area (TPSA) is 49.4 Å². The van der Waals surface area contributed by atoms with Crippen molar-refractivity contribution in [2.75, 3.05) is 0 Å². The minimum atomic E-state index is -0.530. The normalized spacial score (nSPS) is 11.9. The van der Waals surface area contributed by atoms with E-state index in [-0.39, 0.29) is 24.3 Å².